The van der Waals surface area contributed by atoms with E-state index in [2.05, 4.69) is 4.84 Å². The van der Waals surface area contributed by atoms with E-state index in [1.165, 1.54) is 4.31 Å². The van der Waals surface area contributed by atoms with Gasteiger partial charge in [0, 0.05) is 44.5 Å². The molecule has 1 aliphatic rings. The summed E-state index contributed by atoms with van der Waals surface area (Å²) in [6.45, 7) is 2.64. The number of nitrogens with zero attached hydrogens (tertiary/aromatic N) is 3. The third kappa shape index (κ3) is 5.70. The summed E-state index contributed by atoms with van der Waals surface area (Å²) in [7, 11) is -2.18. The van der Waals surface area contributed by atoms with Gasteiger partial charge >= 0.3 is 0 Å². The molecule has 1 aromatic heterocycles. The standard InChI is InChI=1S/C20H26N4O7S3/c1-3-23(19(25)15-7-4-6-14(10-15)13-31-24(26)27)17-12-22(8-5-9-30-2)34(28,29)20-16(17)11-18(32-20)33-21/h4,6-7,10-11,17H,3,5,8-9,12-13,21H2,1-2H3. The number of likely N-dealkylation sites (N-methyl/N-ethyl adjacent to an activating group) is 1. The van der Waals surface area contributed by atoms with Crippen LogP contribution >= 0.6 is 23.3 Å². The van der Waals surface area contributed by atoms with E-state index in [1.807, 2.05) is 6.92 Å². The maximum absolute atomic E-state index is 13.5. The highest BCUT2D eigenvalue weighted by Gasteiger charge is 2.42. The zero-order valence-corrected chi connectivity index (χ0v) is 21.2. The minimum Gasteiger partial charge on any atom is -0.385 e. The summed E-state index contributed by atoms with van der Waals surface area (Å²) < 4.78 is 33.8. The Hall–Kier alpha value is -2.23. The number of hydrogen-bond donors (Lipinski definition) is 1. The van der Waals surface area contributed by atoms with Gasteiger partial charge < -0.3 is 14.5 Å². The normalized spacial score (nSPS) is 17.2. The Morgan fingerprint density at radius 2 is 2.18 bits per heavy atom. The molecule has 3 rings (SSSR count). The monoisotopic (exact) mass is 530 g/mol. The second-order valence-electron chi connectivity index (χ2n) is 7.44. The molecule has 0 fully saturated rings. The maximum Gasteiger partial charge on any atom is 0.294 e. The van der Waals surface area contributed by atoms with Crippen LogP contribution in [0.5, 0.6) is 0 Å². The van der Waals surface area contributed by atoms with Crippen LogP contribution in [-0.2, 0) is 26.2 Å². The van der Waals surface area contributed by atoms with Gasteiger partial charge in [0.15, 0.2) is 0 Å². The Balaban J connectivity index is 1.96. The molecule has 11 nitrogen and oxygen atoms in total. The molecule has 1 unspecified atom stereocenters. The van der Waals surface area contributed by atoms with Crippen LogP contribution < -0.4 is 5.14 Å². The van der Waals surface area contributed by atoms with E-state index in [4.69, 9.17) is 9.88 Å². The van der Waals surface area contributed by atoms with Crippen molar-refractivity contribution in [3.63, 3.8) is 0 Å². The lowest BCUT2D eigenvalue weighted by Crippen LogP contribution is -2.47. The highest BCUT2D eigenvalue weighted by molar-refractivity contribution is 7.99. The van der Waals surface area contributed by atoms with Crippen LogP contribution in [0.25, 0.3) is 0 Å². The molecule has 14 heteroatoms. The number of carbonyl (C=O) groups is 1. The average molecular weight is 531 g/mol. The number of amides is 1. The minimum absolute atomic E-state index is 0.105. The molecule has 1 amide bonds. The second-order valence-corrected chi connectivity index (χ2v) is 11.6. The summed E-state index contributed by atoms with van der Waals surface area (Å²) in [5.41, 5.74) is 1.35. The van der Waals surface area contributed by atoms with Gasteiger partial charge in [-0.15, -0.1) is 21.5 Å². The number of benzene rings is 1. The number of fused-ring (bicyclic) bond motifs is 1. The molecule has 1 atom stereocenters. The SMILES string of the molecule is CCN(C(=O)c1cccc(CO[N+](=O)[O-])c1)C1CN(CCCOC)S(=O)(=O)c2sc(SN)cc21. The predicted molar refractivity (Wildman–Crippen MR) is 127 cm³/mol. The van der Waals surface area contributed by atoms with Gasteiger partial charge in [-0.25, -0.2) is 8.42 Å². The van der Waals surface area contributed by atoms with Crippen molar-refractivity contribution in [2.45, 2.75) is 34.4 Å². The molecule has 1 aromatic carbocycles. The lowest BCUT2D eigenvalue weighted by molar-refractivity contribution is -0.763. The van der Waals surface area contributed by atoms with E-state index in [9.17, 15) is 23.3 Å². The molecule has 186 valence electrons. The Kier molecular flexibility index (Phi) is 8.89. The van der Waals surface area contributed by atoms with E-state index >= 15 is 0 Å². The van der Waals surface area contributed by atoms with Crippen molar-refractivity contribution in [3.05, 3.63) is 57.1 Å². The zero-order valence-electron chi connectivity index (χ0n) is 18.7. The smallest absolute Gasteiger partial charge is 0.294 e. The molecule has 34 heavy (non-hydrogen) atoms. The van der Waals surface area contributed by atoms with Crippen molar-refractivity contribution in [1.29, 1.82) is 0 Å². The summed E-state index contributed by atoms with van der Waals surface area (Å²) in [6.07, 6.45) is 0.514. The van der Waals surface area contributed by atoms with Gasteiger partial charge in [0.05, 0.1) is 10.3 Å². The van der Waals surface area contributed by atoms with Crippen molar-refractivity contribution >= 4 is 39.2 Å². The second kappa shape index (κ2) is 11.5. The van der Waals surface area contributed by atoms with Crippen molar-refractivity contribution < 1.29 is 27.9 Å². The van der Waals surface area contributed by atoms with Crippen LogP contribution in [0.3, 0.4) is 0 Å². The number of ether oxygens (including phenoxy) is 1. The lowest BCUT2D eigenvalue weighted by Gasteiger charge is -2.38. The highest BCUT2D eigenvalue weighted by Crippen LogP contribution is 2.43. The van der Waals surface area contributed by atoms with Gasteiger partial charge in [-0.05, 0) is 49.1 Å². The topological polar surface area (TPSA) is 145 Å². The van der Waals surface area contributed by atoms with E-state index in [1.54, 1.807) is 42.3 Å². The number of sulfonamides is 1. The highest BCUT2D eigenvalue weighted by atomic mass is 32.3. The number of carbonyl (C=O) groups excluding carboxylic acids is 1. The number of rotatable bonds is 11. The van der Waals surface area contributed by atoms with Crippen LogP contribution in [0.1, 0.15) is 40.9 Å². The quantitative estimate of drug-likeness (QED) is 0.200. The van der Waals surface area contributed by atoms with Crippen LogP contribution in [-0.4, -0.2) is 62.0 Å². The molecule has 2 heterocycles. The molecular weight excluding hydrogens is 504 g/mol. The van der Waals surface area contributed by atoms with Gasteiger partial charge in [0.25, 0.3) is 21.0 Å². The Bertz CT molecular complexity index is 1140. The summed E-state index contributed by atoms with van der Waals surface area (Å²) in [6, 6.07) is 7.63. The van der Waals surface area contributed by atoms with E-state index < -0.39 is 21.2 Å². The zero-order chi connectivity index (χ0) is 24.9. The number of thiophene rings is 1. The van der Waals surface area contributed by atoms with Crippen molar-refractivity contribution in [1.82, 2.24) is 9.21 Å². The van der Waals surface area contributed by atoms with E-state index in [0.29, 0.717) is 40.5 Å². The Morgan fingerprint density at radius 3 is 2.82 bits per heavy atom. The maximum atomic E-state index is 13.5. The van der Waals surface area contributed by atoms with Crippen LogP contribution in [0.15, 0.2) is 38.8 Å². The van der Waals surface area contributed by atoms with Gasteiger partial charge in [0.2, 0.25) is 0 Å². The van der Waals surface area contributed by atoms with Gasteiger partial charge in [-0.3, -0.25) is 9.93 Å². The molecule has 1 aliphatic heterocycles. The summed E-state index contributed by atoms with van der Waals surface area (Å²) in [5, 5.41) is 15.3. The first-order chi connectivity index (χ1) is 16.2. The first-order valence-electron chi connectivity index (χ1n) is 10.4. The fourth-order valence-corrected chi connectivity index (χ4v) is 7.74. The van der Waals surface area contributed by atoms with E-state index in [0.717, 1.165) is 23.3 Å². The van der Waals surface area contributed by atoms with E-state index in [-0.39, 0.29) is 29.8 Å². The largest absolute Gasteiger partial charge is 0.385 e. The molecule has 0 aliphatic carbocycles. The van der Waals surface area contributed by atoms with Crippen molar-refractivity contribution in [2.75, 3.05) is 33.4 Å². The summed E-state index contributed by atoms with van der Waals surface area (Å²) in [4.78, 5) is 30.1. The van der Waals surface area contributed by atoms with Crippen LogP contribution in [0.2, 0.25) is 0 Å². The van der Waals surface area contributed by atoms with Crippen molar-refractivity contribution in [3.8, 4) is 0 Å². The van der Waals surface area contributed by atoms with Gasteiger partial charge in [-0.2, -0.15) is 4.31 Å². The Morgan fingerprint density at radius 1 is 1.41 bits per heavy atom. The predicted octanol–water partition coefficient (Wildman–Crippen LogP) is 2.67. The molecule has 2 aromatic rings. The average Bonchev–Trinajstić information content (AvgIpc) is 3.27. The fraction of sp³-hybridized carbons (Fsp3) is 0.450. The molecule has 0 spiro atoms. The fourth-order valence-electron chi connectivity index (χ4n) is 3.82. The Labute approximate surface area is 206 Å². The summed E-state index contributed by atoms with van der Waals surface area (Å²) >= 11 is 2.06. The molecule has 2 N–H and O–H groups in total. The van der Waals surface area contributed by atoms with Crippen LogP contribution in [0, 0.1) is 10.1 Å². The molecule has 0 radical (unpaired) electrons. The van der Waals surface area contributed by atoms with Crippen molar-refractivity contribution in [2.24, 2.45) is 5.14 Å². The third-order valence-electron chi connectivity index (χ3n) is 5.37. The van der Waals surface area contributed by atoms with Gasteiger partial charge in [-0.1, -0.05) is 12.1 Å². The van der Waals surface area contributed by atoms with Gasteiger partial charge in [0.1, 0.15) is 10.8 Å². The summed E-state index contributed by atoms with van der Waals surface area (Å²) in [5.74, 6) is -0.314. The molecular formula is C20H26N4O7S3. The molecule has 0 saturated carbocycles. The first-order valence-corrected chi connectivity index (χ1v) is 13.5. The number of nitrogens with two attached hydrogens (primary N) is 1. The van der Waals surface area contributed by atoms with Crippen LogP contribution in [0.4, 0.5) is 0 Å². The lowest BCUT2D eigenvalue weighted by atomic mass is 10.1. The number of hydrogen-bond acceptors (Lipinski definition) is 10. The molecule has 0 bridgehead atoms. The minimum atomic E-state index is -3.73. The number of methoxy groups -OCH3 is 1. The molecule has 0 saturated heterocycles. The third-order valence-corrected chi connectivity index (χ3v) is 9.60. The first kappa shape index (κ1) is 26.4.